The summed E-state index contributed by atoms with van der Waals surface area (Å²) in [5.41, 5.74) is 1.59. The van der Waals surface area contributed by atoms with Crippen LogP contribution in [0.15, 0.2) is 18.2 Å². The predicted octanol–water partition coefficient (Wildman–Crippen LogP) is 2.22. The minimum atomic E-state index is -0.511. The predicted molar refractivity (Wildman–Crippen MR) is 81.4 cm³/mol. The van der Waals surface area contributed by atoms with Crippen LogP contribution in [-0.4, -0.2) is 42.5 Å². The number of benzene rings is 1. The van der Waals surface area contributed by atoms with Crippen LogP contribution >= 0.6 is 11.6 Å². The van der Waals surface area contributed by atoms with Gasteiger partial charge in [0.2, 0.25) is 5.91 Å². The number of carbonyl (C=O) groups excluding carboxylic acids is 2. The molecule has 1 aromatic carbocycles. The van der Waals surface area contributed by atoms with Gasteiger partial charge < -0.3 is 10.1 Å². The number of esters is 1. The van der Waals surface area contributed by atoms with Crippen LogP contribution < -0.4 is 5.32 Å². The van der Waals surface area contributed by atoms with E-state index in [9.17, 15) is 9.59 Å². The molecule has 0 saturated carbocycles. The van der Waals surface area contributed by atoms with Crippen molar-refractivity contribution in [2.45, 2.75) is 26.3 Å². The van der Waals surface area contributed by atoms with E-state index in [2.05, 4.69) is 5.32 Å². The van der Waals surface area contributed by atoms with Crippen molar-refractivity contribution in [3.8, 4) is 0 Å². The summed E-state index contributed by atoms with van der Waals surface area (Å²) in [6, 6.07) is 4.80. The SMILES string of the molecule is CCN1CCOC(=O)[C@@H]1CC(=O)Nc1cc(Cl)ccc1C. The highest BCUT2D eigenvalue weighted by molar-refractivity contribution is 6.31. The molecule has 1 atom stereocenters. The van der Waals surface area contributed by atoms with Gasteiger partial charge in [-0.15, -0.1) is 0 Å². The molecule has 1 aliphatic rings. The molecule has 0 aromatic heterocycles. The maximum absolute atomic E-state index is 12.2. The molecule has 1 aromatic rings. The zero-order valence-corrected chi connectivity index (χ0v) is 12.9. The van der Waals surface area contributed by atoms with E-state index in [1.807, 2.05) is 24.8 Å². The van der Waals surface area contributed by atoms with Gasteiger partial charge in [0.1, 0.15) is 12.6 Å². The highest BCUT2D eigenvalue weighted by Gasteiger charge is 2.32. The van der Waals surface area contributed by atoms with Gasteiger partial charge in [0.15, 0.2) is 0 Å². The zero-order valence-electron chi connectivity index (χ0n) is 12.2. The largest absolute Gasteiger partial charge is 0.463 e. The third-order valence-corrected chi connectivity index (χ3v) is 3.83. The first-order valence-corrected chi connectivity index (χ1v) is 7.35. The summed E-state index contributed by atoms with van der Waals surface area (Å²) in [6.45, 7) is 5.61. The van der Waals surface area contributed by atoms with Crippen LogP contribution in [0, 0.1) is 6.92 Å². The average Bonchev–Trinajstić information content (AvgIpc) is 2.45. The monoisotopic (exact) mass is 310 g/mol. The molecule has 0 spiro atoms. The molecule has 114 valence electrons. The number of aryl methyl sites for hydroxylation is 1. The van der Waals surface area contributed by atoms with Gasteiger partial charge in [-0.2, -0.15) is 0 Å². The number of amides is 1. The summed E-state index contributed by atoms with van der Waals surface area (Å²) in [7, 11) is 0. The lowest BCUT2D eigenvalue weighted by Gasteiger charge is -2.32. The molecule has 1 heterocycles. The van der Waals surface area contributed by atoms with Gasteiger partial charge in [0.05, 0.1) is 6.42 Å². The molecule has 0 aliphatic carbocycles. The van der Waals surface area contributed by atoms with Gasteiger partial charge in [-0.05, 0) is 31.2 Å². The number of nitrogens with one attached hydrogen (secondary N) is 1. The molecule has 0 unspecified atom stereocenters. The molecule has 1 aliphatic heterocycles. The van der Waals surface area contributed by atoms with Gasteiger partial charge >= 0.3 is 5.97 Å². The second-order valence-corrected chi connectivity index (χ2v) is 5.46. The fourth-order valence-electron chi connectivity index (χ4n) is 2.36. The first-order valence-electron chi connectivity index (χ1n) is 6.98. The van der Waals surface area contributed by atoms with E-state index in [1.54, 1.807) is 12.1 Å². The molecule has 5 nitrogen and oxygen atoms in total. The van der Waals surface area contributed by atoms with Gasteiger partial charge in [-0.1, -0.05) is 24.6 Å². The van der Waals surface area contributed by atoms with Crippen LogP contribution in [0.2, 0.25) is 5.02 Å². The number of anilines is 1. The van der Waals surface area contributed by atoms with E-state index >= 15 is 0 Å². The van der Waals surface area contributed by atoms with Crippen LogP contribution in [0.4, 0.5) is 5.69 Å². The molecule has 2 rings (SSSR count). The Hall–Kier alpha value is -1.59. The fraction of sp³-hybridized carbons (Fsp3) is 0.467. The maximum Gasteiger partial charge on any atom is 0.323 e. The van der Waals surface area contributed by atoms with Gasteiger partial charge in [0, 0.05) is 17.3 Å². The smallest absolute Gasteiger partial charge is 0.323 e. The minimum Gasteiger partial charge on any atom is -0.463 e. The Labute approximate surface area is 129 Å². The van der Waals surface area contributed by atoms with Crippen molar-refractivity contribution in [3.63, 3.8) is 0 Å². The van der Waals surface area contributed by atoms with E-state index in [0.717, 1.165) is 5.56 Å². The third-order valence-electron chi connectivity index (χ3n) is 3.59. The Morgan fingerprint density at radius 2 is 2.29 bits per heavy atom. The first kappa shape index (κ1) is 15.8. The number of carbonyl (C=O) groups is 2. The summed E-state index contributed by atoms with van der Waals surface area (Å²) in [5, 5.41) is 3.36. The molecule has 6 heteroatoms. The number of ether oxygens (including phenoxy) is 1. The number of morpholine rings is 1. The Morgan fingerprint density at radius 3 is 3.00 bits per heavy atom. The molecular formula is C15H19ClN2O3. The van der Waals surface area contributed by atoms with E-state index in [0.29, 0.717) is 30.4 Å². The summed E-state index contributed by atoms with van der Waals surface area (Å²) >= 11 is 5.93. The molecule has 1 amide bonds. The van der Waals surface area contributed by atoms with Gasteiger partial charge in [-0.3, -0.25) is 14.5 Å². The second-order valence-electron chi connectivity index (χ2n) is 5.02. The lowest BCUT2D eigenvalue weighted by molar-refractivity contribution is -0.158. The van der Waals surface area contributed by atoms with Crippen molar-refractivity contribution in [1.82, 2.24) is 4.90 Å². The lowest BCUT2D eigenvalue weighted by Crippen LogP contribution is -2.50. The number of nitrogens with zero attached hydrogens (tertiary/aromatic N) is 1. The summed E-state index contributed by atoms with van der Waals surface area (Å²) in [5.74, 6) is -0.552. The highest BCUT2D eigenvalue weighted by atomic mass is 35.5. The second kappa shape index (κ2) is 6.91. The topological polar surface area (TPSA) is 58.6 Å². The first-order chi connectivity index (χ1) is 10.0. The number of rotatable bonds is 4. The Bertz CT molecular complexity index is 548. The van der Waals surface area contributed by atoms with Crippen molar-refractivity contribution >= 4 is 29.2 Å². The fourth-order valence-corrected chi connectivity index (χ4v) is 2.53. The standard InChI is InChI=1S/C15H19ClN2O3/c1-3-18-6-7-21-15(20)13(18)9-14(19)17-12-8-11(16)5-4-10(12)2/h4-5,8,13H,3,6-7,9H2,1-2H3,(H,17,19)/t13-/m0/s1. The molecule has 0 bridgehead atoms. The quantitative estimate of drug-likeness (QED) is 0.866. The van der Waals surface area contributed by atoms with Crippen molar-refractivity contribution in [3.05, 3.63) is 28.8 Å². The minimum absolute atomic E-state index is 0.0820. The number of hydrogen-bond donors (Lipinski definition) is 1. The van der Waals surface area contributed by atoms with Crippen LogP contribution in [0.25, 0.3) is 0 Å². The molecular weight excluding hydrogens is 292 g/mol. The molecule has 21 heavy (non-hydrogen) atoms. The molecule has 1 fully saturated rings. The zero-order chi connectivity index (χ0) is 15.4. The number of halogens is 1. The van der Waals surface area contributed by atoms with Crippen molar-refractivity contribution in [2.75, 3.05) is 25.0 Å². The summed E-state index contributed by atoms with van der Waals surface area (Å²) < 4.78 is 5.03. The average molecular weight is 311 g/mol. The number of likely N-dealkylation sites (N-methyl/N-ethyl adjacent to an activating group) is 1. The normalized spacial score (nSPS) is 19.2. The Kier molecular flexibility index (Phi) is 5.20. The molecule has 0 radical (unpaired) electrons. The van der Waals surface area contributed by atoms with E-state index in [1.165, 1.54) is 0 Å². The maximum atomic E-state index is 12.2. The summed E-state index contributed by atoms with van der Waals surface area (Å²) in [6.07, 6.45) is 0.0820. The molecule has 1 saturated heterocycles. The third kappa shape index (κ3) is 3.95. The van der Waals surface area contributed by atoms with Crippen LogP contribution in [0.5, 0.6) is 0 Å². The van der Waals surface area contributed by atoms with Gasteiger partial charge in [-0.25, -0.2) is 0 Å². The van der Waals surface area contributed by atoms with Crippen LogP contribution in [-0.2, 0) is 14.3 Å². The van der Waals surface area contributed by atoms with E-state index < -0.39 is 6.04 Å². The lowest BCUT2D eigenvalue weighted by atomic mass is 10.1. The number of hydrogen-bond acceptors (Lipinski definition) is 4. The van der Waals surface area contributed by atoms with E-state index in [-0.39, 0.29) is 18.3 Å². The molecule has 1 N–H and O–H groups in total. The van der Waals surface area contributed by atoms with Crippen molar-refractivity contribution in [1.29, 1.82) is 0 Å². The van der Waals surface area contributed by atoms with Crippen LogP contribution in [0.1, 0.15) is 18.9 Å². The highest BCUT2D eigenvalue weighted by Crippen LogP contribution is 2.21. The van der Waals surface area contributed by atoms with Crippen LogP contribution in [0.3, 0.4) is 0 Å². The Morgan fingerprint density at radius 1 is 1.52 bits per heavy atom. The summed E-state index contributed by atoms with van der Waals surface area (Å²) in [4.78, 5) is 25.9. The Balaban J connectivity index is 2.03. The number of cyclic esters (lactones) is 1. The van der Waals surface area contributed by atoms with Crippen molar-refractivity contribution in [2.24, 2.45) is 0 Å². The van der Waals surface area contributed by atoms with E-state index in [4.69, 9.17) is 16.3 Å². The van der Waals surface area contributed by atoms with Crippen molar-refractivity contribution < 1.29 is 14.3 Å². The van der Waals surface area contributed by atoms with Gasteiger partial charge in [0.25, 0.3) is 0 Å².